The van der Waals surface area contributed by atoms with Gasteiger partial charge in [0, 0.05) is 28.9 Å². The van der Waals surface area contributed by atoms with Gasteiger partial charge in [0.15, 0.2) is 0 Å². The molecule has 3 saturated heterocycles. The normalized spacial score (nSPS) is 26.3. The van der Waals surface area contributed by atoms with E-state index in [0.717, 1.165) is 49.8 Å². The first-order chi connectivity index (χ1) is 16.5. The molecule has 1 unspecified atom stereocenters. The quantitative estimate of drug-likeness (QED) is 0.265. The molecule has 0 aromatic heterocycles. The van der Waals surface area contributed by atoms with Gasteiger partial charge in [-0.2, -0.15) is 0 Å². The largest absolute Gasteiger partial charge is 0.324 e. The Bertz CT molecular complexity index is 1090. The Kier molecular flexibility index (Phi) is 6.10. The van der Waals surface area contributed by atoms with E-state index in [1.807, 2.05) is 40.7 Å². The molecule has 1 aliphatic carbocycles. The Hall–Kier alpha value is -3.23. The summed E-state index contributed by atoms with van der Waals surface area (Å²) in [5.74, 6) is 0.103. The minimum atomic E-state index is -0.926. The summed E-state index contributed by atoms with van der Waals surface area (Å²) in [5, 5.41) is 23.5. The van der Waals surface area contributed by atoms with Gasteiger partial charge in [0.05, 0.1) is 0 Å². The highest BCUT2D eigenvalue weighted by atomic mass is 16.5. The van der Waals surface area contributed by atoms with Crippen LogP contribution in [-0.2, 0) is 15.1 Å². The van der Waals surface area contributed by atoms with Crippen molar-refractivity contribution < 1.29 is 14.8 Å². The van der Waals surface area contributed by atoms with Crippen molar-refractivity contribution in [2.75, 3.05) is 16.8 Å². The number of benzene rings is 2. The lowest BCUT2D eigenvalue weighted by atomic mass is 9.79. The number of hydroxylamine groups is 1. The van der Waals surface area contributed by atoms with Crippen LogP contribution in [0.1, 0.15) is 56.1 Å². The molecule has 2 amide bonds. The van der Waals surface area contributed by atoms with Gasteiger partial charge >= 0.3 is 0 Å². The van der Waals surface area contributed by atoms with Crippen molar-refractivity contribution in [3.8, 4) is 0 Å². The average molecular weight is 462 g/mol. The van der Waals surface area contributed by atoms with Crippen LogP contribution < -0.4 is 21.0 Å². The first kappa shape index (κ1) is 22.6. The number of carbonyl (C=O) groups is 2. The lowest BCUT2D eigenvalue weighted by Crippen LogP contribution is -2.54. The Morgan fingerprint density at radius 3 is 2.50 bits per heavy atom. The van der Waals surface area contributed by atoms with Crippen LogP contribution in [-0.4, -0.2) is 35.4 Å². The molecule has 2 bridgehead atoms. The second-order valence-corrected chi connectivity index (χ2v) is 9.57. The molecule has 6 rings (SSSR count). The van der Waals surface area contributed by atoms with E-state index in [4.69, 9.17) is 10.6 Å². The van der Waals surface area contributed by atoms with E-state index in [1.54, 1.807) is 18.2 Å². The number of amides is 2. The fraction of sp³-hybridized carbons (Fsp3) is 0.423. The first-order valence-electron chi connectivity index (χ1n) is 12.1. The standard InChI is InChI=1S/C26H31N5O3/c27-23(30-34)18-4-3-5-19(16-18)26(14-1-2-15-28-26)25(33)29-20-8-12-22(13-9-20)31-21-10-6-17(7-11-21)24(31)32/h3-5,8-9,12-13,16-17,21,28,34H,1-2,6-7,10-11,14-15H2,(H2,27,30)(H,29,33). The zero-order chi connectivity index (χ0) is 23.7. The molecular formula is C26H31N5O3. The van der Waals surface area contributed by atoms with Gasteiger partial charge < -0.3 is 10.2 Å². The maximum absolute atomic E-state index is 13.6. The van der Waals surface area contributed by atoms with Gasteiger partial charge in [0.2, 0.25) is 11.8 Å². The number of hydrogen-bond donors (Lipinski definition) is 5. The van der Waals surface area contributed by atoms with Crippen LogP contribution in [0.15, 0.2) is 48.5 Å². The summed E-state index contributed by atoms with van der Waals surface area (Å²) >= 11 is 0. The predicted octanol–water partition coefficient (Wildman–Crippen LogP) is 3.50. The zero-order valence-corrected chi connectivity index (χ0v) is 19.1. The van der Waals surface area contributed by atoms with Crippen molar-refractivity contribution in [1.29, 1.82) is 5.41 Å². The van der Waals surface area contributed by atoms with Crippen LogP contribution >= 0.6 is 0 Å². The maximum Gasteiger partial charge on any atom is 0.249 e. The van der Waals surface area contributed by atoms with Crippen LogP contribution in [0.4, 0.5) is 11.4 Å². The van der Waals surface area contributed by atoms with E-state index in [0.29, 0.717) is 24.2 Å². The van der Waals surface area contributed by atoms with Crippen molar-refractivity contribution in [1.82, 2.24) is 10.8 Å². The lowest BCUT2D eigenvalue weighted by molar-refractivity contribution is -0.127. The predicted molar refractivity (Wildman–Crippen MR) is 130 cm³/mol. The lowest BCUT2D eigenvalue weighted by Gasteiger charge is -2.44. The van der Waals surface area contributed by atoms with E-state index in [2.05, 4.69) is 10.6 Å². The van der Waals surface area contributed by atoms with Crippen LogP contribution in [0.3, 0.4) is 0 Å². The molecule has 2 aromatic carbocycles. The molecule has 5 N–H and O–H groups in total. The van der Waals surface area contributed by atoms with Gasteiger partial charge in [-0.15, -0.1) is 0 Å². The van der Waals surface area contributed by atoms with Gasteiger partial charge in [-0.1, -0.05) is 18.2 Å². The van der Waals surface area contributed by atoms with Crippen molar-refractivity contribution in [3.63, 3.8) is 0 Å². The second-order valence-electron chi connectivity index (χ2n) is 9.57. The molecule has 4 fully saturated rings. The number of amidine groups is 1. The van der Waals surface area contributed by atoms with E-state index in [1.165, 1.54) is 0 Å². The highest BCUT2D eigenvalue weighted by Gasteiger charge is 2.42. The Balaban J connectivity index is 1.37. The number of anilines is 2. The molecule has 0 spiro atoms. The summed E-state index contributed by atoms with van der Waals surface area (Å²) in [5.41, 5.74) is 3.78. The van der Waals surface area contributed by atoms with Crippen LogP contribution in [0.2, 0.25) is 0 Å². The summed E-state index contributed by atoms with van der Waals surface area (Å²) in [7, 11) is 0. The zero-order valence-electron chi connectivity index (χ0n) is 19.1. The topological polar surface area (TPSA) is 118 Å². The smallest absolute Gasteiger partial charge is 0.249 e. The first-order valence-corrected chi connectivity index (χ1v) is 12.1. The second kappa shape index (κ2) is 9.19. The minimum absolute atomic E-state index is 0.121. The third kappa shape index (κ3) is 3.97. The molecule has 34 heavy (non-hydrogen) atoms. The summed E-state index contributed by atoms with van der Waals surface area (Å²) in [6.07, 6.45) is 6.64. The molecule has 8 nitrogen and oxygen atoms in total. The van der Waals surface area contributed by atoms with E-state index >= 15 is 0 Å². The van der Waals surface area contributed by atoms with Crippen LogP contribution in [0, 0.1) is 11.3 Å². The molecule has 0 radical (unpaired) electrons. The van der Waals surface area contributed by atoms with Gasteiger partial charge in [-0.3, -0.25) is 31.0 Å². The molecule has 178 valence electrons. The number of nitrogens with zero attached hydrogens (tertiary/aromatic N) is 1. The highest BCUT2D eigenvalue weighted by Crippen LogP contribution is 2.39. The fourth-order valence-electron chi connectivity index (χ4n) is 5.72. The number of nitrogens with one attached hydrogen (secondary N) is 4. The summed E-state index contributed by atoms with van der Waals surface area (Å²) in [6, 6.07) is 15.0. The average Bonchev–Trinajstić information content (AvgIpc) is 2.90. The number of rotatable bonds is 5. The van der Waals surface area contributed by atoms with Crippen molar-refractivity contribution in [2.45, 2.75) is 56.5 Å². The molecule has 4 aliphatic rings. The molecule has 2 aromatic rings. The maximum atomic E-state index is 13.6. The molecular weight excluding hydrogens is 430 g/mol. The summed E-state index contributed by atoms with van der Waals surface area (Å²) < 4.78 is 0. The highest BCUT2D eigenvalue weighted by molar-refractivity contribution is 6.01. The van der Waals surface area contributed by atoms with E-state index in [-0.39, 0.29) is 29.6 Å². The fourth-order valence-corrected chi connectivity index (χ4v) is 5.72. The number of fused-ring (bicyclic) bond motifs is 3. The number of hydrogen-bond acceptors (Lipinski definition) is 5. The third-order valence-electron chi connectivity index (χ3n) is 7.60. The Labute approximate surface area is 199 Å². The molecule has 1 atom stereocenters. The van der Waals surface area contributed by atoms with Gasteiger partial charge in [0.25, 0.3) is 0 Å². The monoisotopic (exact) mass is 461 g/mol. The van der Waals surface area contributed by atoms with Gasteiger partial charge in [-0.25, -0.2) is 0 Å². The molecule has 1 saturated carbocycles. The summed E-state index contributed by atoms with van der Waals surface area (Å²) in [4.78, 5) is 28.3. The van der Waals surface area contributed by atoms with Crippen molar-refractivity contribution in [3.05, 3.63) is 59.7 Å². The van der Waals surface area contributed by atoms with Crippen molar-refractivity contribution in [2.24, 2.45) is 5.92 Å². The van der Waals surface area contributed by atoms with E-state index < -0.39 is 5.54 Å². The van der Waals surface area contributed by atoms with Gasteiger partial charge in [-0.05, 0) is 87.4 Å². The molecule has 3 heterocycles. The van der Waals surface area contributed by atoms with Crippen molar-refractivity contribution >= 4 is 29.0 Å². The van der Waals surface area contributed by atoms with E-state index in [9.17, 15) is 9.59 Å². The van der Waals surface area contributed by atoms with Gasteiger partial charge in [0.1, 0.15) is 11.4 Å². The molecule has 8 heteroatoms. The Morgan fingerprint density at radius 1 is 1.09 bits per heavy atom. The van der Waals surface area contributed by atoms with Crippen LogP contribution in [0.5, 0.6) is 0 Å². The number of carbonyl (C=O) groups excluding carboxylic acids is 2. The number of piperidine rings is 3. The SMILES string of the molecule is N=C(NO)c1cccc(C2(C(=O)Nc3ccc(N4C(=O)C5CCC4CC5)cc3)CCCCN2)c1. The summed E-state index contributed by atoms with van der Waals surface area (Å²) in [6.45, 7) is 0.714. The minimum Gasteiger partial charge on any atom is -0.324 e. The Morgan fingerprint density at radius 2 is 1.85 bits per heavy atom. The third-order valence-corrected chi connectivity index (χ3v) is 7.60. The van der Waals surface area contributed by atoms with Crippen LogP contribution in [0.25, 0.3) is 0 Å². The molecule has 3 aliphatic heterocycles.